The lowest BCUT2D eigenvalue weighted by atomic mass is 9.83. The summed E-state index contributed by atoms with van der Waals surface area (Å²) >= 11 is 0. The van der Waals surface area contributed by atoms with Crippen molar-refractivity contribution in [2.75, 3.05) is 21.3 Å². The first kappa shape index (κ1) is 46.2. The van der Waals surface area contributed by atoms with Crippen molar-refractivity contribution in [1.82, 2.24) is 0 Å². The Morgan fingerprint density at radius 1 is 0.273 bits per heavy atom. The summed E-state index contributed by atoms with van der Waals surface area (Å²) in [5.41, 5.74) is 8.06. The second kappa shape index (κ2) is 23.8. The van der Waals surface area contributed by atoms with Gasteiger partial charge in [-0.3, -0.25) is 0 Å². The monoisotopic (exact) mass is 886 g/mol. The maximum atomic E-state index is 7.17. The predicted octanol–water partition coefficient (Wildman–Crippen LogP) is 11.2. The molecule has 9 nitrogen and oxygen atoms in total. The molecule has 0 spiro atoms. The Kier molecular flexibility index (Phi) is 16.6. The summed E-state index contributed by atoms with van der Waals surface area (Å²) in [6, 6.07) is 62.8. The number of hydrogen-bond acceptors (Lipinski definition) is 9. The van der Waals surface area contributed by atoms with Gasteiger partial charge in [0.2, 0.25) is 0 Å². The minimum absolute atomic E-state index is 0.265. The van der Waals surface area contributed by atoms with Crippen LogP contribution in [0.25, 0.3) is 11.1 Å². The van der Waals surface area contributed by atoms with Gasteiger partial charge in [0.25, 0.3) is 0 Å². The normalized spacial score (nSPS) is 19.3. The SMILES string of the molecule is COc1ccc(COC2[C@@H](OCc3ccccc3)[C@H](OCc3ccccc3)C(OCc3ccc(-c4ccc(OC)c(OC)c4)cc3)[C@@H](OCc3ccccc3)[C@H]2OCc2ccccc2)cc1. The van der Waals surface area contributed by atoms with E-state index in [1.165, 1.54) is 0 Å². The fraction of sp³-hybridized carbons (Fsp3) is 0.263. The van der Waals surface area contributed by atoms with Crippen molar-refractivity contribution in [3.05, 3.63) is 221 Å². The van der Waals surface area contributed by atoms with E-state index in [-0.39, 0.29) is 13.2 Å². The molecule has 66 heavy (non-hydrogen) atoms. The summed E-state index contributed by atoms with van der Waals surface area (Å²) in [5, 5.41) is 0. The molecule has 0 amide bonds. The summed E-state index contributed by atoms with van der Waals surface area (Å²) in [4.78, 5) is 0. The van der Waals surface area contributed by atoms with Gasteiger partial charge in [0, 0.05) is 0 Å². The van der Waals surface area contributed by atoms with Crippen LogP contribution in [0.1, 0.15) is 33.4 Å². The van der Waals surface area contributed by atoms with E-state index in [1.807, 2.05) is 115 Å². The predicted molar refractivity (Wildman–Crippen MR) is 255 cm³/mol. The fourth-order valence-electron chi connectivity index (χ4n) is 8.24. The summed E-state index contributed by atoms with van der Waals surface area (Å²) in [7, 11) is 4.94. The van der Waals surface area contributed by atoms with Gasteiger partial charge in [-0.2, -0.15) is 0 Å². The van der Waals surface area contributed by atoms with Gasteiger partial charge in [-0.1, -0.05) is 164 Å². The van der Waals surface area contributed by atoms with Crippen molar-refractivity contribution in [2.24, 2.45) is 0 Å². The molecule has 2 unspecified atom stereocenters. The zero-order valence-electron chi connectivity index (χ0n) is 37.8. The number of methoxy groups -OCH3 is 3. The number of benzene rings is 7. The van der Waals surface area contributed by atoms with Gasteiger partial charge in [0.15, 0.2) is 11.5 Å². The Bertz CT molecular complexity index is 2370. The van der Waals surface area contributed by atoms with Crippen LogP contribution in [0.15, 0.2) is 188 Å². The molecule has 0 radical (unpaired) electrons. The Morgan fingerprint density at radius 3 is 0.864 bits per heavy atom. The molecule has 9 heteroatoms. The van der Waals surface area contributed by atoms with Crippen LogP contribution in [0.4, 0.5) is 0 Å². The largest absolute Gasteiger partial charge is 0.497 e. The maximum Gasteiger partial charge on any atom is 0.161 e. The van der Waals surface area contributed by atoms with Crippen molar-refractivity contribution in [3.63, 3.8) is 0 Å². The van der Waals surface area contributed by atoms with Crippen LogP contribution in [-0.4, -0.2) is 58.0 Å². The standard InChI is InChI=1S/C57H58O9/c1-58-49-31-26-46(27-32-49)40-66-57-54(63-37-43-20-12-6-13-21-43)52(61-35-41-16-8-4-9-17-41)56(65-39-45-24-28-47(29-25-45)48-30-33-50(59-2)51(34-48)60-3)53(62-36-42-18-10-5-11-19-42)55(57)64-38-44-22-14-7-15-23-44/h4-34,52-57H,35-40H2,1-3H3/t52-,53-,54-,55+,56?,57?/m0/s1. The average molecular weight is 887 g/mol. The Labute approximate surface area is 388 Å². The van der Waals surface area contributed by atoms with E-state index in [4.69, 9.17) is 42.6 Å². The lowest BCUT2D eigenvalue weighted by molar-refractivity contribution is -0.292. The molecule has 1 aliphatic carbocycles. The molecule has 340 valence electrons. The van der Waals surface area contributed by atoms with Gasteiger partial charge in [-0.15, -0.1) is 0 Å². The third-order valence-electron chi connectivity index (χ3n) is 11.8. The zero-order chi connectivity index (χ0) is 45.3. The van der Waals surface area contributed by atoms with Crippen LogP contribution in [-0.2, 0) is 68.1 Å². The molecular formula is C57H58O9. The summed E-state index contributed by atoms with van der Waals surface area (Å²) in [6.07, 6.45) is -4.01. The molecule has 6 atom stereocenters. The van der Waals surface area contributed by atoms with Crippen LogP contribution >= 0.6 is 0 Å². The first-order chi connectivity index (χ1) is 32.6. The molecule has 0 N–H and O–H groups in total. The van der Waals surface area contributed by atoms with E-state index in [9.17, 15) is 0 Å². The zero-order valence-corrected chi connectivity index (χ0v) is 37.8. The molecule has 0 aliphatic heterocycles. The molecule has 0 aromatic heterocycles. The van der Waals surface area contributed by atoms with E-state index in [2.05, 4.69) is 72.8 Å². The number of ether oxygens (including phenoxy) is 9. The smallest absolute Gasteiger partial charge is 0.161 e. The second-order valence-corrected chi connectivity index (χ2v) is 16.2. The van der Waals surface area contributed by atoms with Crippen molar-refractivity contribution < 1.29 is 42.6 Å². The van der Waals surface area contributed by atoms with Crippen LogP contribution in [0.5, 0.6) is 17.2 Å². The number of rotatable bonds is 22. The van der Waals surface area contributed by atoms with Crippen LogP contribution in [0.3, 0.4) is 0 Å². The first-order valence-corrected chi connectivity index (χ1v) is 22.4. The molecular weight excluding hydrogens is 829 g/mol. The van der Waals surface area contributed by atoms with E-state index in [1.54, 1.807) is 21.3 Å². The molecule has 0 bridgehead atoms. The van der Waals surface area contributed by atoms with E-state index < -0.39 is 36.6 Å². The van der Waals surface area contributed by atoms with Crippen molar-refractivity contribution in [2.45, 2.75) is 76.3 Å². The van der Waals surface area contributed by atoms with Crippen molar-refractivity contribution >= 4 is 0 Å². The van der Waals surface area contributed by atoms with E-state index in [0.29, 0.717) is 37.9 Å². The molecule has 0 saturated heterocycles. The third-order valence-corrected chi connectivity index (χ3v) is 11.8. The Balaban J connectivity index is 1.18. The third kappa shape index (κ3) is 12.3. The van der Waals surface area contributed by atoms with Gasteiger partial charge < -0.3 is 42.6 Å². The highest BCUT2D eigenvalue weighted by Crippen LogP contribution is 2.38. The maximum absolute atomic E-state index is 7.17. The van der Waals surface area contributed by atoms with Gasteiger partial charge in [0.05, 0.1) is 61.0 Å². The van der Waals surface area contributed by atoms with Crippen LogP contribution in [0.2, 0.25) is 0 Å². The molecule has 1 fully saturated rings. The van der Waals surface area contributed by atoms with Gasteiger partial charge in [0.1, 0.15) is 42.4 Å². The van der Waals surface area contributed by atoms with Crippen molar-refractivity contribution in [3.8, 4) is 28.4 Å². The van der Waals surface area contributed by atoms with Gasteiger partial charge in [-0.05, 0) is 68.8 Å². The van der Waals surface area contributed by atoms with E-state index in [0.717, 1.165) is 50.3 Å². The molecule has 1 aliphatic rings. The quantitative estimate of drug-likeness (QED) is 0.0661. The average Bonchev–Trinajstić information content (AvgIpc) is 3.38. The van der Waals surface area contributed by atoms with Crippen LogP contribution < -0.4 is 14.2 Å². The molecule has 7 aromatic carbocycles. The molecule has 0 heterocycles. The van der Waals surface area contributed by atoms with Gasteiger partial charge >= 0.3 is 0 Å². The first-order valence-electron chi connectivity index (χ1n) is 22.4. The highest BCUT2D eigenvalue weighted by Gasteiger charge is 2.55. The molecule has 8 rings (SSSR count). The van der Waals surface area contributed by atoms with Crippen molar-refractivity contribution in [1.29, 1.82) is 0 Å². The molecule has 1 saturated carbocycles. The second-order valence-electron chi connectivity index (χ2n) is 16.2. The minimum atomic E-state index is -0.676. The Hall–Kier alpha value is -6.30. The lowest BCUT2D eigenvalue weighted by Gasteiger charge is -2.49. The van der Waals surface area contributed by atoms with Gasteiger partial charge in [-0.25, -0.2) is 0 Å². The lowest BCUT2D eigenvalue weighted by Crippen LogP contribution is -2.67. The highest BCUT2D eigenvalue weighted by atomic mass is 16.6. The topological polar surface area (TPSA) is 83.1 Å². The number of hydrogen-bond donors (Lipinski definition) is 0. The fourth-order valence-corrected chi connectivity index (χ4v) is 8.24. The van der Waals surface area contributed by atoms with E-state index >= 15 is 0 Å². The van der Waals surface area contributed by atoms with Crippen LogP contribution in [0, 0.1) is 0 Å². The Morgan fingerprint density at radius 2 is 0.561 bits per heavy atom. The summed E-state index contributed by atoms with van der Waals surface area (Å²) in [6.45, 7) is 1.78. The summed E-state index contributed by atoms with van der Waals surface area (Å²) < 4.78 is 59.1. The minimum Gasteiger partial charge on any atom is -0.497 e. The molecule has 7 aromatic rings. The highest BCUT2D eigenvalue weighted by molar-refractivity contribution is 5.67. The summed E-state index contributed by atoms with van der Waals surface area (Å²) in [5.74, 6) is 2.11.